The average Bonchev–Trinajstić information content (AvgIpc) is 3.23. The number of benzene rings is 2. The Bertz CT molecular complexity index is 2440. The van der Waals surface area contributed by atoms with Gasteiger partial charge in [-0.15, -0.1) is 0 Å². The highest BCUT2D eigenvalue weighted by atomic mass is 19.4. The van der Waals surface area contributed by atoms with Gasteiger partial charge in [0.2, 0.25) is 0 Å². The van der Waals surface area contributed by atoms with Crippen LogP contribution in [-0.4, -0.2) is 47.0 Å². The molecule has 6 atom stereocenters. The molecule has 2 amide bonds. The van der Waals surface area contributed by atoms with Gasteiger partial charge >= 0.3 is 12.4 Å². The summed E-state index contributed by atoms with van der Waals surface area (Å²) >= 11 is 0. The molecule has 2 aromatic carbocycles. The van der Waals surface area contributed by atoms with Crippen LogP contribution >= 0.6 is 0 Å². The third-order valence-corrected chi connectivity index (χ3v) is 14.2. The van der Waals surface area contributed by atoms with Crippen molar-refractivity contribution >= 4 is 23.2 Å². The van der Waals surface area contributed by atoms with E-state index in [2.05, 4.69) is 48.3 Å². The van der Waals surface area contributed by atoms with E-state index in [1.807, 2.05) is 23.6 Å². The summed E-state index contributed by atoms with van der Waals surface area (Å²) in [5, 5.41) is 5.34. The highest BCUT2D eigenvalue weighted by Crippen LogP contribution is 2.41. The van der Waals surface area contributed by atoms with E-state index < -0.39 is 35.3 Å². The SMILES string of the molecule is CCN(c1cc(C(F)(F)F)cc(C(=O)NCc2c(C)cc(C)[nH]c2=O)c1C)C1C[C@@H](C)C[C@@H](C)C1.CCN(c1cc(C(F)(F)F)cc(C(=O)NCc2c(C)cc(C)[nH]c2=O)c1C)C1C[C@@H](C)C[C@@H](C)C1. The molecule has 6 rings (SSSR count). The van der Waals surface area contributed by atoms with E-state index in [1.54, 1.807) is 53.7 Å². The van der Waals surface area contributed by atoms with E-state index in [9.17, 15) is 45.5 Å². The van der Waals surface area contributed by atoms with Crippen molar-refractivity contribution in [2.45, 2.75) is 159 Å². The number of carbonyl (C=O) groups excluding carboxylic acids is 2. The molecular weight excluding hydrogens is 911 g/mol. The summed E-state index contributed by atoms with van der Waals surface area (Å²) in [6.45, 7) is 24.0. The van der Waals surface area contributed by atoms with Gasteiger partial charge in [0, 0.05) is 83.3 Å². The minimum atomic E-state index is -4.59. The lowest BCUT2D eigenvalue weighted by Crippen LogP contribution is -2.41. The maximum atomic E-state index is 13.9. The van der Waals surface area contributed by atoms with Crippen molar-refractivity contribution in [3.05, 3.63) is 124 Å². The molecule has 2 aromatic heterocycles. The van der Waals surface area contributed by atoms with Crippen LogP contribution in [0, 0.1) is 65.2 Å². The molecule has 0 saturated heterocycles. The van der Waals surface area contributed by atoms with Crippen LogP contribution in [0.2, 0.25) is 0 Å². The Morgan fingerprint density at radius 3 is 1.13 bits per heavy atom. The van der Waals surface area contributed by atoms with Crippen LogP contribution in [0.5, 0.6) is 0 Å². The van der Waals surface area contributed by atoms with Gasteiger partial charge < -0.3 is 30.4 Å². The highest BCUT2D eigenvalue weighted by molar-refractivity contribution is 5.98. The number of alkyl halides is 6. The normalized spacial score (nSPS) is 20.5. The second kappa shape index (κ2) is 22.7. The van der Waals surface area contributed by atoms with Gasteiger partial charge in [-0.25, -0.2) is 0 Å². The molecule has 4 N–H and O–H groups in total. The smallest absolute Gasteiger partial charge is 0.369 e. The number of amides is 2. The highest BCUT2D eigenvalue weighted by Gasteiger charge is 2.37. The zero-order valence-corrected chi connectivity index (χ0v) is 42.8. The lowest BCUT2D eigenvalue weighted by atomic mass is 9.79. The molecule has 0 spiro atoms. The van der Waals surface area contributed by atoms with Crippen LogP contribution in [0.15, 0.2) is 46.0 Å². The number of aryl methyl sites for hydroxylation is 4. The number of aromatic nitrogens is 2. The molecule has 2 aliphatic rings. The van der Waals surface area contributed by atoms with Gasteiger partial charge in [-0.05, 0) is 176 Å². The third kappa shape index (κ3) is 13.4. The van der Waals surface area contributed by atoms with E-state index in [-0.39, 0.29) is 47.4 Å². The van der Waals surface area contributed by atoms with Gasteiger partial charge in [0.05, 0.1) is 11.1 Å². The van der Waals surface area contributed by atoms with Crippen LogP contribution < -0.4 is 31.6 Å². The maximum absolute atomic E-state index is 13.9. The Kier molecular flexibility index (Phi) is 18.0. The first-order valence-corrected chi connectivity index (χ1v) is 24.5. The second-order valence-electron chi connectivity index (χ2n) is 20.3. The number of hydrogen-bond acceptors (Lipinski definition) is 6. The summed E-state index contributed by atoms with van der Waals surface area (Å²) in [6, 6.07) is 8.00. The predicted octanol–water partition coefficient (Wildman–Crippen LogP) is 11.8. The maximum Gasteiger partial charge on any atom is 0.416 e. The second-order valence-corrected chi connectivity index (χ2v) is 20.3. The Morgan fingerprint density at radius 1 is 0.543 bits per heavy atom. The Morgan fingerprint density at radius 2 is 0.857 bits per heavy atom. The first-order chi connectivity index (χ1) is 32.6. The minimum absolute atomic E-state index is 0.0219. The van der Waals surface area contributed by atoms with Crippen molar-refractivity contribution in [1.29, 1.82) is 0 Å². The van der Waals surface area contributed by atoms with E-state index >= 15 is 0 Å². The molecule has 2 aliphatic carbocycles. The number of anilines is 2. The molecule has 10 nitrogen and oxygen atoms in total. The molecular formula is C54H72F6N6O4. The number of nitrogens with zero attached hydrogens (tertiary/aromatic N) is 2. The molecule has 4 aromatic rings. The fraction of sp³-hybridized carbons (Fsp3) is 0.556. The summed E-state index contributed by atoms with van der Waals surface area (Å²) < 4.78 is 83.3. The molecule has 2 saturated carbocycles. The Balaban J connectivity index is 0.000000261. The van der Waals surface area contributed by atoms with Gasteiger partial charge in [0.15, 0.2) is 0 Å². The number of aromatic amines is 2. The van der Waals surface area contributed by atoms with Gasteiger partial charge in [0.1, 0.15) is 0 Å². The lowest BCUT2D eigenvalue weighted by molar-refractivity contribution is -0.138. The average molecular weight is 983 g/mol. The monoisotopic (exact) mass is 983 g/mol. The first kappa shape index (κ1) is 55.4. The van der Waals surface area contributed by atoms with Crippen LogP contribution in [0.25, 0.3) is 0 Å². The number of carbonyl (C=O) groups is 2. The molecule has 2 unspecified atom stereocenters. The summed E-state index contributed by atoms with van der Waals surface area (Å²) in [7, 11) is 0. The standard InChI is InChI=1S/2C27H36F3N3O2/c2*1-7-33(21-9-15(2)8-16(3)10-21)24-13-20(27(28,29)30)12-22(19(24)6)25(34)31-14-23-17(4)11-18(5)32-26(23)35/h2*11-13,15-16,21H,7-10,14H2,1-6H3,(H,31,34)(H,32,35)/t2*15-,16+,21?. The lowest BCUT2D eigenvalue weighted by Gasteiger charge is -2.41. The van der Waals surface area contributed by atoms with Crippen LogP contribution in [0.4, 0.5) is 37.7 Å². The summed E-state index contributed by atoms with van der Waals surface area (Å²) in [4.78, 5) is 60.4. The van der Waals surface area contributed by atoms with Gasteiger partial charge in [0.25, 0.3) is 22.9 Å². The molecule has 2 fully saturated rings. The summed E-state index contributed by atoms with van der Waals surface area (Å²) in [5.41, 5.74) is 3.15. The number of pyridine rings is 2. The first-order valence-electron chi connectivity index (χ1n) is 24.5. The Labute approximate surface area is 408 Å². The van der Waals surface area contributed by atoms with Crippen molar-refractivity contribution in [2.75, 3.05) is 22.9 Å². The van der Waals surface area contributed by atoms with E-state index in [0.717, 1.165) is 50.7 Å². The molecule has 2 heterocycles. The van der Waals surface area contributed by atoms with Crippen LogP contribution in [-0.2, 0) is 25.4 Å². The quantitative estimate of drug-likeness (QED) is 0.105. The van der Waals surface area contributed by atoms with Gasteiger partial charge in [-0.3, -0.25) is 19.2 Å². The molecule has 16 heteroatoms. The third-order valence-electron chi connectivity index (χ3n) is 14.2. The molecule has 384 valence electrons. The Hall–Kier alpha value is -5.54. The number of H-pyrrole nitrogens is 2. The molecule has 0 bridgehead atoms. The van der Waals surface area contributed by atoms with Crippen LogP contribution in [0.1, 0.15) is 157 Å². The predicted molar refractivity (Wildman–Crippen MR) is 266 cm³/mol. The zero-order valence-electron chi connectivity index (χ0n) is 42.8. The van der Waals surface area contributed by atoms with Crippen molar-refractivity contribution in [1.82, 2.24) is 20.6 Å². The number of rotatable bonds is 12. The number of hydrogen-bond donors (Lipinski definition) is 4. The molecule has 0 radical (unpaired) electrons. The fourth-order valence-corrected chi connectivity index (χ4v) is 11.1. The van der Waals surface area contributed by atoms with E-state index in [4.69, 9.17) is 0 Å². The van der Waals surface area contributed by atoms with Crippen molar-refractivity contribution in [3.8, 4) is 0 Å². The molecule has 0 aliphatic heterocycles. The molecule has 70 heavy (non-hydrogen) atoms. The van der Waals surface area contributed by atoms with Crippen molar-refractivity contribution in [2.24, 2.45) is 23.7 Å². The zero-order chi connectivity index (χ0) is 52.2. The van der Waals surface area contributed by atoms with Crippen LogP contribution in [0.3, 0.4) is 0 Å². The number of nitrogens with one attached hydrogen (secondary N) is 4. The number of halogens is 6. The minimum Gasteiger partial charge on any atom is -0.369 e. The largest absolute Gasteiger partial charge is 0.416 e. The summed E-state index contributed by atoms with van der Waals surface area (Å²) in [5.74, 6) is 0.696. The van der Waals surface area contributed by atoms with E-state index in [1.165, 1.54) is 12.1 Å². The van der Waals surface area contributed by atoms with Gasteiger partial charge in [-0.2, -0.15) is 26.3 Å². The fourth-order valence-electron chi connectivity index (χ4n) is 11.1. The summed E-state index contributed by atoms with van der Waals surface area (Å²) in [6.07, 6.45) is -3.32. The topological polar surface area (TPSA) is 130 Å². The van der Waals surface area contributed by atoms with Crippen molar-refractivity contribution < 1.29 is 35.9 Å². The van der Waals surface area contributed by atoms with E-state index in [0.29, 0.717) is 92.9 Å². The van der Waals surface area contributed by atoms with Gasteiger partial charge in [-0.1, -0.05) is 27.7 Å². The van der Waals surface area contributed by atoms with Crippen molar-refractivity contribution in [3.63, 3.8) is 0 Å².